The Morgan fingerprint density at radius 3 is 2.22 bits per heavy atom. The van der Waals surface area contributed by atoms with Gasteiger partial charge in [0.1, 0.15) is 5.60 Å². The van der Waals surface area contributed by atoms with Crippen molar-refractivity contribution in [2.75, 3.05) is 0 Å². The second-order valence-electron chi connectivity index (χ2n) is 6.60. The first kappa shape index (κ1) is 13.7. The number of thiophene rings is 1. The number of piperidine rings is 1. The maximum Gasteiger partial charge on any atom is 0.160 e. The third kappa shape index (κ3) is 2.66. The van der Waals surface area contributed by atoms with Gasteiger partial charge in [-0.05, 0) is 52.7 Å². The number of hydrogen-bond donors (Lipinski definition) is 2. The smallest absolute Gasteiger partial charge is 0.160 e. The Kier molecular flexibility index (Phi) is 3.16. The Hall–Kier alpha value is -0.710. The molecule has 4 heteroatoms. The molecule has 0 radical (unpaired) electrons. The molecule has 0 spiro atoms. The molecule has 0 aromatic carbocycles. The molecule has 2 N–H and O–H groups in total. The van der Waals surface area contributed by atoms with Gasteiger partial charge in [0.15, 0.2) is 6.29 Å². The molecule has 18 heavy (non-hydrogen) atoms. The van der Waals surface area contributed by atoms with E-state index in [1.54, 1.807) is 6.07 Å². The normalized spacial score (nSPS) is 24.7. The van der Waals surface area contributed by atoms with Crippen LogP contribution in [0.5, 0.6) is 0 Å². The Labute approximate surface area is 112 Å². The predicted molar refractivity (Wildman–Crippen MR) is 74.1 cm³/mol. The average molecular weight is 267 g/mol. The van der Waals surface area contributed by atoms with Crippen LogP contribution in [0.15, 0.2) is 12.1 Å². The summed E-state index contributed by atoms with van der Waals surface area (Å²) in [6.07, 6.45) is 2.15. The maximum absolute atomic E-state index is 11.0. The van der Waals surface area contributed by atoms with Gasteiger partial charge in [-0.15, -0.1) is 11.3 Å². The van der Waals surface area contributed by atoms with Crippen LogP contribution in [-0.2, 0) is 5.60 Å². The highest BCUT2D eigenvalue weighted by Crippen LogP contribution is 2.44. The van der Waals surface area contributed by atoms with E-state index in [2.05, 4.69) is 33.0 Å². The Bertz CT molecular complexity index is 446. The fourth-order valence-electron chi connectivity index (χ4n) is 3.37. The van der Waals surface area contributed by atoms with E-state index in [9.17, 15) is 9.90 Å². The van der Waals surface area contributed by atoms with Crippen LogP contribution in [0.1, 0.15) is 55.1 Å². The van der Waals surface area contributed by atoms with Crippen molar-refractivity contribution in [2.24, 2.45) is 0 Å². The molecule has 0 unspecified atom stereocenters. The summed E-state index contributed by atoms with van der Waals surface area (Å²) in [5.41, 5.74) is -1.09. The van der Waals surface area contributed by atoms with Crippen LogP contribution in [0.2, 0.25) is 0 Å². The molecule has 1 saturated heterocycles. The van der Waals surface area contributed by atoms with E-state index in [0.717, 1.165) is 11.2 Å². The zero-order chi connectivity index (χ0) is 13.6. The highest BCUT2D eigenvalue weighted by Gasteiger charge is 2.47. The number of aldehydes is 1. The highest BCUT2D eigenvalue weighted by molar-refractivity contribution is 7.13. The van der Waals surface area contributed by atoms with Crippen LogP contribution >= 0.6 is 11.3 Å². The van der Waals surface area contributed by atoms with Crippen molar-refractivity contribution in [1.82, 2.24) is 5.32 Å². The molecular formula is C14H21NO2S. The molecule has 0 atom stereocenters. The molecule has 2 heterocycles. The summed E-state index contributed by atoms with van der Waals surface area (Å²) in [7, 11) is 0. The fraction of sp³-hybridized carbons (Fsp3) is 0.643. The van der Waals surface area contributed by atoms with E-state index in [1.165, 1.54) is 11.3 Å². The first-order valence-electron chi connectivity index (χ1n) is 6.23. The summed E-state index contributed by atoms with van der Waals surface area (Å²) in [6, 6.07) is 3.67. The largest absolute Gasteiger partial charge is 0.384 e. The quantitative estimate of drug-likeness (QED) is 0.810. The van der Waals surface area contributed by atoms with E-state index in [4.69, 9.17) is 0 Å². The topological polar surface area (TPSA) is 49.3 Å². The van der Waals surface area contributed by atoms with Crippen LogP contribution in [-0.4, -0.2) is 22.5 Å². The standard InChI is InChI=1S/C14H21NO2S/c1-12(2)8-14(17,9-13(3,4)15-12)11-6-5-10(7-16)18-11/h5-7,15,17H,8-9H2,1-4H3. The van der Waals surface area contributed by atoms with Crippen LogP contribution in [0.25, 0.3) is 0 Å². The van der Waals surface area contributed by atoms with E-state index in [0.29, 0.717) is 17.7 Å². The molecule has 1 aromatic heterocycles. The molecule has 1 aliphatic rings. The van der Waals surface area contributed by atoms with Crippen LogP contribution in [0.3, 0.4) is 0 Å². The van der Waals surface area contributed by atoms with Gasteiger partial charge in [0.25, 0.3) is 0 Å². The average Bonchev–Trinajstić information content (AvgIpc) is 2.59. The molecule has 100 valence electrons. The van der Waals surface area contributed by atoms with Gasteiger partial charge in [0.05, 0.1) is 4.88 Å². The van der Waals surface area contributed by atoms with Crippen molar-refractivity contribution >= 4 is 17.6 Å². The van der Waals surface area contributed by atoms with Crippen molar-refractivity contribution in [2.45, 2.75) is 57.2 Å². The highest BCUT2D eigenvalue weighted by atomic mass is 32.1. The van der Waals surface area contributed by atoms with Gasteiger partial charge in [-0.2, -0.15) is 0 Å². The second-order valence-corrected chi connectivity index (χ2v) is 7.71. The van der Waals surface area contributed by atoms with E-state index in [-0.39, 0.29) is 11.1 Å². The fourth-order valence-corrected chi connectivity index (χ4v) is 4.28. The lowest BCUT2D eigenvalue weighted by Crippen LogP contribution is -2.62. The molecular weight excluding hydrogens is 246 g/mol. The minimum Gasteiger partial charge on any atom is -0.384 e. The second kappa shape index (κ2) is 4.15. The summed E-state index contributed by atoms with van der Waals surface area (Å²) < 4.78 is 0. The van der Waals surface area contributed by atoms with E-state index >= 15 is 0 Å². The monoisotopic (exact) mass is 267 g/mol. The third-order valence-corrected chi connectivity index (χ3v) is 4.55. The summed E-state index contributed by atoms with van der Waals surface area (Å²) >= 11 is 1.39. The van der Waals surface area contributed by atoms with E-state index in [1.807, 2.05) is 6.07 Å². The molecule has 2 rings (SSSR count). The number of carbonyl (C=O) groups excluding carboxylic acids is 1. The van der Waals surface area contributed by atoms with Crippen molar-refractivity contribution < 1.29 is 9.90 Å². The van der Waals surface area contributed by atoms with Gasteiger partial charge in [0, 0.05) is 16.0 Å². The summed E-state index contributed by atoms with van der Waals surface area (Å²) in [5.74, 6) is 0. The SMILES string of the molecule is CC1(C)CC(O)(c2ccc(C=O)s2)CC(C)(C)N1. The van der Waals surface area contributed by atoms with E-state index < -0.39 is 5.60 Å². The summed E-state index contributed by atoms with van der Waals surface area (Å²) in [5, 5.41) is 14.5. The lowest BCUT2D eigenvalue weighted by Gasteiger charge is -2.50. The molecule has 0 saturated carbocycles. The molecule has 0 aliphatic carbocycles. The molecule has 1 aromatic rings. The lowest BCUT2D eigenvalue weighted by atomic mass is 9.72. The van der Waals surface area contributed by atoms with Gasteiger partial charge in [0.2, 0.25) is 0 Å². The summed E-state index contributed by atoms with van der Waals surface area (Å²) in [4.78, 5) is 12.3. The van der Waals surface area contributed by atoms with Gasteiger partial charge >= 0.3 is 0 Å². The van der Waals surface area contributed by atoms with Crippen LogP contribution < -0.4 is 5.32 Å². The van der Waals surface area contributed by atoms with Crippen molar-refractivity contribution in [3.63, 3.8) is 0 Å². The first-order chi connectivity index (χ1) is 8.16. The number of rotatable bonds is 2. The zero-order valence-corrected chi connectivity index (χ0v) is 12.2. The van der Waals surface area contributed by atoms with Gasteiger partial charge in [-0.1, -0.05) is 0 Å². The Balaban J connectivity index is 2.37. The van der Waals surface area contributed by atoms with Gasteiger partial charge in [-0.3, -0.25) is 4.79 Å². The van der Waals surface area contributed by atoms with Crippen LogP contribution in [0.4, 0.5) is 0 Å². The number of nitrogens with one attached hydrogen (secondary N) is 1. The van der Waals surface area contributed by atoms with Crippen molar-refractivity contribution in [1.29, 1.82) is 0 Å². The third-order valence-electron chi connectivity index (χ3n) is 3.35. The number of aliphatic hydroxyl groups is 1. The predicted octanol–water partition coefficient (Wildman–Crippen LogP) is 2.69. The first-order valence-corrected chi connectivity index (χ1v) is 7.05. The molecule has 3 nitrogen and oxygen atoms in total. The molecule has 0 amide bonds. The number of hydrogen-bond acceptors (Lipinski definition) is 4. The Morgan fingerprint density at radius 2 is 1.78 bits per heavy atom. The molecule has 1 aliphatic heterocycles. The molecule has 1 fully saturated rings. The maximum atomic E-state index is 11.0. The Morgan fingerprint density at radius 1 is 1.22 bits per heavy atom. The van der Waals surface area contributed by atoms with Crippen molar-refractivity contribution in [3.05, 3.63) is 21.9 Å². The molecule has 0 bridgehead atoms. The summed E-state index contributed by atoms with van der Waals surface area (Å²) in [6.45, 7) is 8.42. The number of carbonyl (C=O) groups is 1. The minimum absolute atomic E-state index is 0.123. The van der Waals surface area contributed by atoms with Gasteiger partial charge < -0.3 is 10.4 Å². The lowest BCUT2D eigenvalue weighted by molar-refractivity contribution is -0.0587. The van der Waals surface area contributed by atoms with Gasteiger partial charge in [-0.25, -0.2) is 0 Å². The van der Waals surface area contributed by atoms with Crippen LogP contribution in [0, 0.1) is 0 Å². The van der Waals surface area contributed by atoms with Crippen molar-refractivity contribution in [3.8, 4) is 0 Å². The zero-order valence-electron chi connectivity index (χ0n) is 11.4. The minimum atomic E-state index is -0.843.